The normalized spacial score (nSPS) is 11.2. The molecule has 3 aromatic rings. The van der Waals surface area contributed by atoms with Gasteiger partial charge in [-0.05, 0) is 55.0 Å². The first kappa shape index (κ1) is 21.0. The van der Waals surface area contributed by atoms with E-state index in [4.69, 9.17) is 4.74 Å². The van der Waals surface area contributed by atoms with Gasteiger partial charge in [0.2, 0.25) is 0 Å². The van der Waals surface area contributed by atoms with Crippen LogP contribution in [0.25, 0.3) is 11.3 Å². The van der Waals surface area contributed by atoms with Gasteiger partial charge in [-0.1, -0.05) is 13.8 Å². The molecule has 29 heavy (non-hydrogen) atoms. The highest BCUT2D eigenvalue weighted by molar-refractivity contribution is 7.91. The second-order valence-corrected chi connectivity index (χ2v) is 9.43. The van der Waals surface area contributed by atoms with Gasteiger partial charge < -0.3 is 4.74 Å². The van der Waals surface area contributed by atoms with Crippen LogP contribution in [0.4, 0.5) is 5.13 Å². The SMILES string of the molecule is CCCOc1ccc(-c2csc(NC(=O)c3ccc(S(=O)(=O)CC)cc3)n2)cc1. The summed E-state index contributed by atoms with van der Waals surface area (Å²) in [5, 5.41) is 5.10. The van der Waals surface area contributed by atoms with Crippen molar-refractivity contribution in [2.45, 2.75) is 25.2 Å². The molecule has 0 spiro atoms. The quantitative estimate of drug-likeness (QED) is 0.562. The summed E-state index contributed by atoms with van der Waals surface area (Å²) in [5.41, 5.74) is 2.06. The summed E-state index contributed by atoms with van der Waals surface area (Å²) in [7, 11) is -3.29. The predicted molar refractivity (Wildman–Crippen MR) is 115 cm³/mol. The summed E-state index contributed by atoms with van der Waals surface area (Å²) in [6.07, 6.45) is 0.952. The first-order valence-corrected chi connectivity index (χ1v) is 11.8. The Labute approximate surface area is 174 Å². The molecule has 0 aliphatic rings. The summed E-state index contributed by atoms with van der Waals surface area (Å²) >= 11 is 1.33. The minimum Gasteiger partial charge on any atom is -0.494 e. The summed E-state index contributed by atoms with van der Waals surface area (Å²) in [5.74, 6) is 0.495. The Bertz CT molecular complexity index is 1070. The van der Waals surface area contributed by atoms with Crippen molar-refractivity contribution < 1.29 is 17.9 Å². The average Bonchev–Trinajstić information content (AvgIpc) is 3.21. The van der Waals surface area contributed by atoms with Gasteiger partial charge in [0, 0.05) is 16.5 Å². The number of benzene rings is 2. The standard InChI is InChI=1S/C21H22N2O4S2/c1-3-13-27-17-9-5-15(6-10-17)19-14-28-21(22-19)23-20(24)16-7-11-18(12-8-16)29(25,26)4-2/h5-12,14H,3-4,13H2,1-2H3,(H,22,23,24). The van der Waals surface area contributed by atoms with Crippen molar-refractivity contribution in [1.82, 2.24) is 4.98 Å². The van der Waals surface area contributed by atoms with Gasteiger partial charge in [0.05, 0.1) is 22.9 Å². The zero-order valence-electron chi connectivity index (χ0n) is 16.2. The molecule has 2 aromatic carbocycles. The maximum atomic E-state index is 12.4. The van der Waals surface area contributed by atoms with Gasteiger partial charge >= 0.3 is 0 Å². The van der Waals surface area contributed by atoms with Crippen molar-refractivity contribution in [3.8, 4) is 17.0 Å². The topological polar surface area (TPSA) is 85.4 Å². The van der Waals surface area contributed by atoms with Crippen molar-refractivity contribution in [3.63, 3.8) is 0 Å². The van der Waals surface area contributed by atoms with Gasteiger partial charge in [-0.2, -0.15) is 0 Å². The third-order valence-corrected chi connectivity index (χ3v) is 6.71. The Morgan fingerprint density at radius 2 is 1.76 bits per heavy atom. The third kappa shape index (κ3) is 5.21. The number of carbonyl (C=O) groups is 1. The van der Waals surface area contributed by atoms with Gasteiger partial charge in [-0.15, -0.1) is 11.3 Å². The van der Waals surface area contributed by atoms with Crippen LogP contribution in [-0.4, -0.2) is 31.7 Å². The van der Waals surface area contributed by atoms with Crippen LogP contribution in [0.2, 0.25) is 0 Å². The lowest BCUT2D eigenvalue weighted by molar-refractivity contribution is 0.102. The Morgan fingerprint density at radius 3 is 2.38 bits per heavy atom. The fourth-order valence-electron chi connectivity index (χ4n) is 2.56. The van der Waals surface area contributed by atoms with Gasteiger partial charge in [0.25, 0.3) is 5.91 Å². The number of nitrogens with one attached hydrogen (secondary N) is 1. The lowest BCUT2D eigenvalue weighted by Crippen LogP contribution is -2.12. The Morgan fingerprint density at radius 1 is 1.07 bits per heavy atom. The molecule has 0 saturated heterocycles. The number of ether oxygens (including phenoxy) is 1. The first-order chi connectivity index (χ1) is 13.9. The van der Waals surface area contributed by atoms with Crippen LogP contribution in [0.5, 0.6) is 5.75 Å². The minimum absolute atomic E-state index is 0.0200. The van der Waals surface area contributed by atoms with Crippen LogP contribution in [-0.2, 0) is 9.84 Å². The van der Waals surface area contributed by atoms with E-state index < -0.39 is 9.84 Å². The van der Waals surface area contributed by atoms with E-state index in [2.05, 4.69) is 17.2 Å². The van der Waals surface area contributed by atoms with Crippen LogP contribution in [0.15, 0.2) is 58.8 Å². The van der Waals surface area contributed by atoms with Crippen molar-refractivity contribution in [2.24, 2.45) is 0 Å². The van der Waals surface area contributed by atoms with E-state index in [9.17, 15) is 13.2 Å². The number of hydrogen-bond acceptors (Lipinski definition) is 6. The van der Waals surface area contributed by atoms with E-state index in [1.807, 2.05) is 29.6 Å². The predicted octanol–water partition coefficient (Wildman–Crippen LogP) is 4.64. The number of sulfone groups is 1. The van der Waals surface area contributed by atoms with E-state index in [0.717, 1.165) is 23.4 Å². The number of hydrogen-bond donors (Lipinski definition) is 1. The molecule has 0 radical (unpaired) electrons. The van der Waals surface area contributed by atoms with Crippen LogP contribution in [0, 0.1) is 0 Å². The molecule has 0 aliphatic heterocycles. The number of thiazole rings is 1. The third-order valence-electron chi connectivity index (χ3n) is 4.20. The number of anilines is 1. The number of carbonyl (C=O) groups excluding carboxylic acids is 1. The second kappa shape index (κ2) is 9.19. The van der Waals surface area contributed by atoms with Crippen LogP contribution in [0.1, 0.15) is 30.6 Å². The molecule has 0 bridgehead atoms. The smallest absolute Gasteiger partial charge is 0.257 e. The average molecular weight is 431 g/mol. The highest BCUT2D eigenvalue weighted by atomic mass is 32.2. The molecule has 1 N–H and O–H groups in total. The molecular formula is C21H22N2O4S2. The summed E-state index contributed by atoms with van der Waals surface area (Å²) < 4.78 is 29.3. The Hall–Kier alpha value is -2.71. The van der Waals surface area contributed by atoms with Crippen molar-refractivity contribution in [1.29, 1.82) is 0 Å². The summed E-state index contributed by atoms with van der Waals surface area (Å²) in [6, 6.07) is 13.6. The molecule has 8 heteroatoms. The van der Waals surface area contributed by atoms with E-state index >= 15 is 0 Å². The number of amides is 1. The lowest BCUT2D eigenvalue weighted by Gasteiger charge is -2.05. The molecule has 0 atom stereocenters. The number of nitrogens with zero attached hydrogens (tertiary/aromatic N) is 1. The van der Waals surface area contributed by atoms with Crippen molar-refractivity contribution >= 4 is 32.2 Å². The van der Waals surface area contributed by atoms with Crippen LogP contribution < -0.4 is 10.1 Å². The van der Waals surface area contributed by atoms with Crippen LogP contribution >= 0.6 is 11.3 Å². The van der Waals surface area contributed by atoms with Gasteiger partial charge in [0.15, 0.2) is 15.0 Å². The molecule has 0 saturated carbocycles. The number of rotatable bonds is 8. The molecule has 152 valence electrons. The van der Waals surface area contributed by atoms with Crippen molar-refractivity contribution in [2.75, 3.05) is 17.7 Å². The van der Waals surface area contributed by atoms with Gasteiger partial charge in [0.1, 0.15) is 5.75 Å². The Kier molecular flexibility index (Phi) is 6.66. The lowest BCUT2D eigenvalue weighted by atomic mass is 10.2. The highest BCUT2D eigenvalue weighted by Crippen LogP contribution is 2.27. The van der Waals surface area contributed by atoms with Gasteiger partial charge in [-0.25, -0.2) is 13.4 Å². The van der Waals surface area contributed by atoms with E-state index in [1.165, 1.54) is 35.6 Å². The van der Waals surface area contributed by atoms with E-state index in [1.54, 1.807) is 6.92 Å². The molecule has 1 amide bonds. The maximum absolute atomic E-state index is 12.4. The molecular weight excluding hydrogens is 408 g/mol. The first-order valence-electron chi connectivity index (χ1n) is 9.26. The molecule has 0 aliphatic carbocycles. The van der Waals surface area contributed by atoms with E-state index in [-0.39, 0.29) is 16.6 Å². The van der Waals surface area contributed by atoms with Gasteiger partial charge in [-0.3, -0.25) is 10.1 Å². The monoisotopic (exact) mass is 430 g/mol. The highest BCUT2D eigenvalue weighted by Gasteiger charge is 2.14. The number of aromatic nitrogens is 1. The molecule has 1 aromatic heterocycles. The molecule has 0 fully saturated rings. The summed E-state index contributed by atoms with van der Waals surface area (Å²) in [4.78, 5) is 17.1. The Balaban J connectivity index is 1.67. The summed E-state index contributed by atoms with van der Waals surface area (Å²) in [6.45, 7) is 4.32. The maximum Gasteiger partial charge on any atom is 0.257 e. The second-order valence-electron chi connectivity index (χ2n) is 6.29. The molecule has 3 rings (SSSR count). The fourth-order valence-corrected chi connectivity index (χ4v) is 4.15. The molecule has 0 unspecified atom stereocenters. The van der Waals surface area contributed by atoms with E-state index in [0.29, 0.717) is 17.3 Å². The zero-order chi connectivity index (χ0) is 20.9. The largest absolute Gasteiger partial charge is 0.494 e. The van der Waals surface area contributed by atoms with Crippen LogP contribution in [0.3, 0.4) is 0 Å². The fraction of sp³-hybridized carbons (Fsp3) is 0.238. The minimum atomic E-state index is -3.29. The molecule has 1 heterocycles. The zero-order valence-corrected chi connectivity index (χ0v) is 17.8. The van der Waals surface area contributed by atoms with Crippen molar-refractivity contribution in [3.05, 3.63) is 59.5 Å². The molecule has 6 nitrogen and oxygen atoms in total.